The van der Waals surface area contributed by atoms with Crippen molar-refractivity contribution in [2.24, 2.45) is 5.41 Å². The lowest BCUT2D eigenvalue weighted by atomic mass is 9.87. The lowest BCUT2D eigenvalue weighted by Crippen LogP contribution is -2.53. The van der Waals surface area contributed by atoms with Crippen LogP contribution in [0.3, 0.4) is 0 Å². The van der Waals surface area contributed by atoms with E-state index in [9.17, 15) is 14.4 Å². The maximum absolute atomic E-state index is 12.2. The van der Waals surface area contributed by atoms with Gasteiger partial charge < -0.3 is 14.7 Å². The van der Waals surface area contributed by atoms with Gasteiger partial charge in [0.15, 0.2) is 0 Å². The van der Waals surface area contributed by atoms with E-state index in [1.807, 2.05) is 0 Å². The summed E-state index contributed by atoms with van der Waals surface area (Å²) in [7, 11) is 1.26. The number of carbonyl (C=O) groups excluding carboxylic acids is 3. The average Bonchev–Trinajstić information content (AvgIpc) is 2.44. The number of carbonyl (C=O) groups is 3. The van der Waals surface area contributed by atoms with Gasteiger partial charge in [-0.1, -0.05) is 13.8 Å². The molecule has 1 amide bonds. The molecular formula is C13H21NO5. The number of nitrogens with zero attached hydrogens (tertiary/aromatic N) is 1. The predicted octanol–water partition coefficient (Wildman–Crippen LogP) is 0.128. The second kappa shape index (κ2) is 6.14. The Balaban J connectivity index is 2.89. The second-order valence-electron chi connectivity index (χ2n) is 5.40. The molecule has 1 saturated heterocycles. The third-order valence-corrected chi connectivity index (χ3v) is 3.44. The second-order valence-corrected chi connectivity index (χ2v) is 5.40. The summed E-state index contributed by atoms with van der Waals surface area (Å²) < 4.78 is 4.67. The van der Waals surface area contributed by atoms with Crippen LogP contribution in [-0.4, -0.2) is 54.0 Å². The van der Waals surface area contributed by atoms with Crippen LogP contribution >= 0.6 is 0 Å². The van der Waals surface area contributed by atoms with Crippen molar-refractivity contribution in [1.82, 2.24) is 4.90 Å². The summed E-state index contributed by atoms with van der Waals surface area (Å²) in [6, 6.07) is -0.690. The van der Waals surface area contributed by atoms with E-state index in [0.717, 1.165) is 12.8 Å². The van der Waals surface area contributed by atoms with Crippen molar-refractivity contribution in [3.8, 4) is 0 Å². The Morgan fingerprint density at radius 2 is 1.95 bits per heavy atom. The molecule has 6 heteroatoms. The van der Waals surface area contributed by atoms with Gasteiger partial charge in [-0.25, -0.2) is 4.79 Å². The van der Waals surface area contributed by atoms with Gasteiger partial charge in [0, 0.05) is 6.54 Å². The van der Waals surface area contributed by atoms with E-state index in [2.05, 4.69) is 4.74 Å². The molecule has 1 heterocycles. The summed E-state index contributed by atoms with van der Waals surface area (Å²) in [5.74, 6) is -1.89. The van der Waals surface area contributed by atoms with Gasteiger partial charge in [-0.2, -0.15) is 0 Å². The van der Waals surface area contributed by atoms with Gasteiger partial charge in [-0.05, 0) is 19.3 Å². The van der Waals surface area contributed by atoms with Crippen LogP contribution in [0.15, 0.2) is 0 Å². The normalized spacial score (nSPS) is 20.0. The number of esters is 1. The molecule has 1 aliphatic heterocycles. The van der Waals surface area contributed by atoms with Gasteiger partial charge in [0.2, 0.25) is 5.78 Å². The van der Waals surface area contributed by atoms with Crippen LogP contribution in [0.25, 0.3) is 0 Å². The Morgan fingerprint density at radius 3 is 2.47 bits per heavy atom. The third kappa shape index (κ3) is 3.32. The monoisotopic (exact) mass is 271 g/mol. The summed E-state index contributed by atoms with van der Waals surface area (Å²) in [5, 5.41) is 9.15. The first-order valence-corrected chi connectivity index (χ1v) is 6.39. The zero-order valence-corrected chi connectivity index (χ0v) is 11.6. The van der Waals surface area contributed by atoms with Crippen molar-refractivity contribution in [2.45, 2.75) is 39.2 Å². The van der Waals surface area contributed by atoms with Crippen molar-refractivity contribution in [3.63, 3.8) is 0 Å². The van der Waals surface area contributed by atoms with Gasteiger partial charge >= 0.3 is 5.97 Å². The number of hydrogen-bond acceptors (Lipinski definition) is 5. The molecule has 1 fully saturated rings. The Hall–Kier alpha value is -1.43. The van der Waals surface area contributed by atoms with E-state index in [1.54, 1.807) is 0 Å². The highest BCUT2D eigenvalue weighted by molar-refractivity contribution is 6.38. The first-order valence-electron chi connectivity index (χ1n) is 6.39. The van der Waals surface area contributed by atoms with Crippen molar-refractivity contribution >= 4 is 17.7 Å². The molecule has 1 unspecified atom stereocenters. The topological polar surface area (TPSA) is 83.9 Å². The van der Waals surface area contributed by atoms with Crippen molar-refractivity contribution in [3.05, 3.63) is 0 Å². The highest BCUT2D eigenvalue weighted by Gasteiger charge is 2.40. The van der Waals surface area contributed by atoms with Crippen LogP contribution in [0.2, 0.25) is 0 Å². The number of Topliss-reactive ketones (excluding diaryl/α,β-unsaturated/α-hetero) is 1. The fraction of sp³-hybridized carbons (Fsp3) is 0.769. The summed E-state index contributed by atoms with van der Waals surface area (Å²) in [5.41, 5.74) is -1.13. The molecule has 1 aliphatic rings. The molecule has 19 heavy (non-hydrogen) atoms. The molecule has 1 N–H and O–H groups in total. The number of methoxy groups -OCH3 is 1. The Kier molecular flexibility index (Phi) is 5.05. The predicted molar refractivity (Wildman–Crippen MR) is 67.2 cm³/mol. The molecule has 0 aromatic carbocycles. The smallest absolute Gasteiger partial charge is 0.328 e. The van der Waals surface area contributed by atoms with Gasteiger partial charge in [0.1, 0.15) is 6.04 Å². The number of rotatable bonds is 4. The van der Waals surface area contributed by atoms with Crippen LogP contribution < -0.4 is 0 Å². The lowest BCUT2D eigenvalue weighted by Gasteiger charge is -2.34. The number of hydrogen-bond donors (Lipinski definition) is 1. The van der Waals surface area contributed by atoms with Crippen LogP contribution in [0, 0.1) is 5.41 Å². The molecule has 0 bridgehead atoms. The van der Waals surface area contributed by atoms with Gasteiger partial charge in [0.25, 0.3) is 5.91 Å². The summed E-state index contributed by atoms with van der Waals surface area (Å²) in [6.45, 7) is 2.97. The highest BCUT2D eigenvalue weighted by Crippen LogP contribution is 2.22. The maximum Gasteiger partial charge on any atom is 0.328 e. The Morgan fingerprint density at radius 1 is 1.32 bits per heavy atom. The average molecular weight is 271 g/mol. The number of amides is 1. The Labute approximate surface area is 112 Å². The summed E-state index contributed by atoms with van der Waals surface area (Å²) in [6.07, 6.45) is 2.08. The van der Waals surface area contributed by atoms with E-state index in [4.69, 9.17) is 5.11 Å². The molecule has 1 atom stereocenters. The minimum atomic E-state index is -1.13. The number of piperidine rings is 1. The minimum absolute atomic E-state index is 0.367. The minimum Gasteiger partial charge on any atom is -0.467 e. The van der Waals surface area contributed by atoms with Crippen LogP contribution in [0.5, 0.6) is 0 Å². The standard InChI is InChI=1S/C13H21NO5/c1-13(2,8-15)10(16)11(17)14-7-5-4-6-9(14)12(18)19-3/h9,15H,4-8H2,1-3H3. The number of ether oxygens (including phenoxy) is 1. The first-order chi connectivity index (χ1) is 8.85. The number of aliphatic hydroxyl groups excluding tert-OH is 1. The largest absolute Gasteiger partial charge is 0.467 e. The van der Waals surface area contributed by atoms with E-state index in [1.165, 1.54) is 25.9 Å². The zero-order valence-electron chi connectivity index (χ0n) is 11.6. The van der Waals surface area contributed by atoms with Crippen LogP contribution in [-0.2, 0) is 19.1 Å². The first kappa shape index (κ1) is 15.6. The fourth-order valence-electron chi connectivity index (χ4n) is 2.05. The fourth-order valence-corrected chi connectivity index (χ4v) is 2.05. The number of aliphatic hydroxyl groups is 1. The van der Waals surface area contributed by atoms with Crippen LogP contribution in [0.1, 0.15) is 33.1 Å². The maximum atomic E-state index is 12.2. The quantitative estimate of drug-likeness (QED) is 0.580. The summed E-state index contributed by atoms with van der Waals surface area (Å²) in [4.78, 5) is 37.2. The van der Waals surface area contributed by atoms with E-state index < -0.39 is 35.7 Å². The van der Waals surface area contributed by atoms with Crippen molar-refractivity contribution in [2.75, 3.05) is 20.3 Å². The summed E-state index contributed by atoms with van der Waals surface area (Å²) >= 11 is 0. The van der Waals surface area contributed by atoms with Crippen molar-refractivity contribution < 1.29 is 24.2 Å². The molecule has 0 spiro atoms. The van der Waals surface area contributed by atoms with Crippen molar-refractivity contribution in [1.29, 1.82) is 0 Å². The molecule has 108 valence electrons. The number of ketones is 1. The molecule has 1 rings (SSSR count). The SMILES string of the molecule is COC(=O)C1CCCCN1C(=O)C(=O)C(C)(C)CO. The molecular weight excluding hydrogens is 250 g/mol. The van der Waals surface area contributed by atoms with E-state index in [0.29, 0.717) is 13.0 Å². The Bertz CT molecular complexity index is 377. The molecule has 0 saturated carbocycles. The lowest BCUT2D eigenvalue weighted by molar-refractivity contribution is -0.159. The van der Waals surface area contributed by atoms with Gasteiger partial charge in [-0.3, -0.25) is 9.59 Å². The third-order valence-electron chi connectivity index (χ3n) is 3.44. The molecule has 0 radical (unpaired) electrons. The highest BCUT2D eigenvalue weighted by atomic mass is 16.5. The molecule has 0 aromatic rings. The van der Waals surface area contributed by atoms with E-state index in [-0.39, 0.29) is 0 Å². The molecule has 6 nitrogen and oxygen atoms in total. The van der Waals surface area contributed by atoms with E-state index >= 15 is 0 Å². The van der Waals surface area contributed by atoms with Crippen LogP contribution in [0.4, 0.5) is 0 Å². The molecule has 0 aliphatic carbocycles. The molecule has 0 aromatic heterocycles. The number of likely N-dealkylation sites (tertiary alicyclic amines) is 1. The van der Waals surface area contributed by atoms with Gasteiger partial charge in [0.05, 0.1) is 19.1 Å². The zero-order chi connectivity index (χ0) is 14.6. The van der Waals surface area contributed by atoms with Gasteiger partial charge in [-0.15, -0.1) is 0 Å².